The zero-order valence-corrected chi connectivity index (χ0v) is 16.4. The Kier molecular flexibility index (Phi) is 6.16. The van der Waals surface area contributed by atoms with Crippen LogP contribution < -0.4 is 10.6 Å². The molecule has 0 aliphatic carbocycles. The lowest BCUT2D eigenvalue weighted by molar-refractivity contribution is -0.115. The van der Waals surface area contributed by atoms with Gasteiger partial charge in [-0.25, -0.2) is 9.37 Å². The number of amides is 2. The predicted octanol–water partition coefficient (Wildman–Crippen LogP) is 4.01. The fraction of sp³-hybridized carbons (Fsp3) is 0.190. The summed E-state index contributed by atoms with van der Waals surface area (Å²) in [5.74, 6) is -0.796. The molecule has 7 heteroatoms. The molecule has 28 heavy (non-hydrogen) atoms. The van der Waals surface area contributed by atoms with Gasteiger partial charge in [0.05, 0.1) is 12.1 Å². The summed E-state index contributed by atoms with van der Waals surface area (Å²) in [5.41, 5.74) is 2.58. The van der Waals surface area contributed by atoms with Crippen LogP contribution in [0, 0.1) is 19.7 Å². The van der Waals surface area contributed by atoms with Crippen molar-refractivity contribution >= 4 is 28.8 Å². The van der Waals surface area contributed by atoms with Crippen molar-refractivity contribution in [2.75, 3.05) is 5.32 Å². The zero-order chi connectivity index (χ0) is 20.1. The Balaban J connectivity index is 1.60. The van der Waals surface area contributed by atoms with Crippen LogP contribution in [-0.4, -0.2) is 16.8 Å². The van der Waals surface area contributed by atoms with Crippen molar-refractivity contribution in [2.45, 2.75) is 26.8 Å². The number of benzene rings is 2. The molecule has 0 spiro atoms. The van der Waals surface area contributed by atoms with E-state index in [1.807, 2.05) is 30.3 Å². The molecule has 1 aromatic heterocycles. The minimum Gasteiger partial charge on any atom is -0.347 e. The Labute approximate surface area is 166 Å². The van der Waals surface area contributed by atoms with Crippen molar-refractivity contribution in [1.29, 1.82) is 0 Å². The maximum atomic E-state index is 13.3. The van der Waals surface area contributed by atoms with Gasteiger partial charge in [0.1, 0.15) is 15.7 Å². The van der Waals surface area contributed by atoms with Crippen LogP contribution >= 0.6 is 11.3 Å². The standard InChI is InChI=1S/C21H20FN3O2S/c1-13-10-16(8-9-17(13)22)25-18(26)11-19-24-14(2)20(28-19)21(27)23-12-15-6-4-3-5-7-15/h3-10H,11-12H2,1-2H3,(H,23,27)(H,25,26). The van der Waals surface area contributed by atoms with E-state index in [1.165, 1.54) is 23.5 Å². The molecule has 0 saturated heterocycles. The quantitative estimate of drug-likeness (QED) is 0.660. The smallest absolute Gasteiger partial charge is 0.263 e. The number of thiazole rings is 1. The summed E-state index contributed by atoms with van der Waals surface area (Å²) in [6.07, 6.45) is 0.0495. The summed E-state index contributed by atoms with van der Waals surface area (Å²) in [7, 11) is 0. The Morgan fingerprint density at radius 3 is 2.57 bits per heavy atom. The second kappa shape index (κ2) is 8.75. The molecule has 0 fully saturated rings. The van der Waals surface area contributed by atoms with Crippen LogP contribution in [-0.2, 0) is 17.8 Å². The third-order valence-electron chi connectivity index (χ3n) is 4.10. The van der Waals surface area contributed by atoms with Crippen molar-refractivity contribution in [2.24, 2.45) is 0 Å². The van der Waals surface area contributed by atoms with Gasteiger partial charge in [0.2, 0.25) is 5.91 Å². The average Bonchev–Trinajstić information content (AvgIpc) is 3.03. The Hall–Kier alpha value is -3.06. The highest BCUT2D eigenvalue weighted by molar-refractivity contribution is 7.13. The molecule has 0 bridgehead atoms. The van der Waals surface area contributed by atoms with E-state index in [-0.39, 0.29) is 24.1 Å². The number of nitrogens with one attached hydrogen (secondary N) is 2. The van der Waals surface area contributed by atoms with Gasteiger partial charge < -0.3 is 10.6 Å². The van der Waals surface area contributed by atoms with Crippen molar-refractivity contribution in [1.82, 2.24) is 10.3 Å². The summed E-state index contributed by atoms with van der Waals surface area (Å²) in [6.45, 7) is 3.81. The van der Waals surface area contributed by atoms with Gasteiger partial charge in [-0.1, -0.05) is 30.3 Å². The number of hydrogen-bond donors (Lipinski definition) is 2. The largest absolute Gasteiger partial charge is 0.347 e. The highest BCUT2D eigenvalue weighted by Crippen LogP contribution is 2.20. The van der Waals surface area contributed by atoms with Crippen LogP contribution in [0.4, 0.5) is 10.1 Å². The maximum absolute atomic E-state index is 13.3. The number of rotatable bonds is 6. The third kappa shape index (κ3) is 5.01. The van der Waals surface area contributed by atoms with E-state index >= 15 is 0 Å². The first-order valence-electron chi connectivity index (χ1n) is 8.77. The average molecular weight is 397 g/mol. The summed E-state index contributed by atoms with van der Waals surface area (Å²) in [6, 6.07) is 14.0. The number of hydrogen-bond acceptors (Lipinski definition) is 4. The molecular formula is C21H20FN3O2S. The van der Waals surface area contributed by atoms with Crippen LogP contribution in [0.5, 0.6) is 0 Å². The van der Waals surface area contributed by atoms with Gasteiger partial charge in [0.25, 0.3) is 5.91 Å². The Bertz CT molecular complexity index is 1000. The molecule has 2 amide bonds. The maximum Gasteiger partial charge on any atom is 0.263 e. The van der Waals surface area contributed by atoms with Crippen LogP contribution in [0.2, 0.25) is 0 Å². The summed E-state index contributed by atoms with van der Waals surface area (Å²) in [4.78, 5) is 29.5. The molecular weight excluding hydrogens is 377 g/mol. The van der Waals surface area contributed by atoms with Gasteiger partial charge in [-0.15, -0.1) is 11.3 Å². The van der Waals surface area contributed by atoms with Crippen molar-refractivity contribution in [3.63, 3.8) is 0 Å². The topological polar surface area (TPSA) is 71.1 Å². The van der Waals surface area contributed by atoms with Gasteiger partial charge in [-0.2, -0.15) is 0 Å². The lowest BCUT2D eigenvalue weighted by Gasteiger charge is -2.05. The predicted molar refractivity (Wildman–Crippen MR) is 108 cm³/mol. The first-order chi connectivity index (χ1) is 13.4. The fourth-order valence-electron chi connectivity index (χ4n) is 2.66. The summed E-state index contributed by atoms with van der Waals surface area (Å²) < 4.78 is 13.3. The van der Waals surface area contributed by atoms with E-state index < -0.39 is 0 Å². The van der Waals surface area contributed by atoms with Crippen molar-refractivity contribution < 1.29 is 14.0 Å². The van der Waals surface area contributed by atoms with Gasteiger partial charge in [-0.05, 0) is 43.2 Å². The monoisotopic (exact) mass is 397 g/mol. The van der Waals surface area contributed by atoms with Gasteiger partial charge in [0.15, 0.2) is 0 Å². The molecule has 0 saturated carbocycles. The molecule has 2 aromatic carbocycles. The third-order valence-corrected chi connectivity index (χ3v) is 5.25. The number of nitrogens with zero attached hydrogens (tertiary/aromatic N) is 1. The normalized spacial score (nSPS) is 10.5. The molecule has 1 heterocycles. The summed E-state index contributed by atoms with van der Waals surface area (Å²) in [5, 5.41) is 6.15. The second-order valence-electron chi connectivity index (χ2n) is 6.38. The molecule has 2 N–H and O–H groups in total. The molecule has 0 atom stereocenters. The minimum atomic E-state index is -0.320. The van der Waals surface area contributed by atoms with E-state index in [9.17, 15) is 14.0 Å². The number of aromatic nitrogens is 1. The van der Waals surface area contributed by atoms with Crippen LogP contribution in [0.1, 0.15) is 31.5 Å². The van der Waals surface area contributed by atoms with Gasteiger partial charge in [0, 0.05) is 12.2 Å². The first kappa shape index (κ1) is 19.7. The van der Waals surface area contributed by atoms with Crippen LogP contribution in [0.3, 0.4) is 0 Å². The Morgan fingerprint density at radius 1 is 1.11 bits per heavy atom. The van der Waals surface area contributed by atoms with Gasteiger partial charge >= 0.3 is 0 Å². The van der Waals surface area contributed by atoms with E-state index in [4.69, 9.17) is 0 Å². The van der Waals surface area contributed by atoms with Crippen LogP contribution in [0.15, 0.2) is 48.5 Å². The first-order valence-corrected chi connectivity index (χ1v) is 9.58. The molecule has 0 aliphatic rings. The number of carbonyl (C=O) groups is 2. The fourth-order valence-corrected chi connectivity index (χ4v) is 3.64. The molecule has 5 nitrogen and oxygen atoms in total. The lowest BCUT2D eigenvalue weighted by Crippen LogP contribution is -2.22. The number of carbonyl (C=O) groups excluding carboxylic acids is 2. The Morgan fingerprint density at radius 2 is 1.86 bits per heavy atom. The highest BCUT2D eigenvalue weighted by Gasteiger charge is 2.17. The summed E-state index contributed by atoms with van der Waals surface area (Å²) >= 11 is 1.20. The zero-order valence-electron chi connectivity index (χ0n) is 15.6. The molecule has 0 aliphatic heterocycles. The molecule has 0 radical (unpaired) electrons. The van der Waals surface area contributed by atoms with E-state index in [0.29, 0.717) is 33.4 Å². The molecule has 3 aromatic rings. The molecule has 144 valence electrons. The van der Waals surface area contributed by atoms with E-state index in [2.05, 4.69) is 15.6 Å². The molecule has 3 rings (SSSR count). The lowest BCUT2D eigenvalue weighted by atomic mass is 10.2. The minimum absolute atomic E-state index is 0.0495. The van der Waals surface area contributed by atoms with E-state index in [0.717, 1.165) is 5.56 Å². The molecule has 0 unspecified atom stereocenters. The highest BCUT2D eigenvalue weighted by atomic mass is 32.1. The van der Waals surface area contributed by atoms with Gasteiger partial charge in [-0.3, -0.25) is 9.59 Å². The van der Waals surface area contributed by atoms with Crippen molar-refractivity contribution in [3.05, 3.63) is 81.1 Å². The number of anilines is 1. The second-order valence-corrected chi connectivity index (χ2v) is 7.46. The van der Waals surface area contributed by atoms with E-state index in [1.54, 1.807) is 19.9 Å². The number of aryl methyl sites for hydroxylation is 2. The van der Waals surface area contributed by atoms with Crippen LogP contribution in [0.25, 0.3) is 0 Å². The SMILES string of the molecule is Cc1cc(NC(=O)Cc2nc(C)c(C(=O)NCc3ccccc3)s2)ccc1F. The van der Waals surface area contributed by atoms with Crippen molar-refractivity contribution in [3.8, 4) is 0 Å². The number of halogens is 1.